The second-order valence-corrected chi connectivity index (χ2v) is 6.40. The summed E-state index contributed by atoms with van der Waals surface area (Å²) in [5, 5.41) is 11.6. The molecule has 0 unspecified atom stereocenters. The lowest BCUT2D eigenvalue weighted by molar-refractivity contribution is 0.0792. The fourth-order valence-corrected chi connectivity index (χ4v) is 3.29. The molecule has 0 aliphatic heterocycles. The zero-order valence-electron chi connectivity index (χ0n) is 10.6. The Morgan fingerprint density at radius 3 is 2.78 bits per heavy atom. The van der Waals surface area contributed by atoms with E-state index in [1.54, 1.807) is 0 Å². The number of nitrogens with zero attached hydrogens (tertiary/aromatic N) is 1. The van der Waals surface area contributed by atoms with Crippen molar-refractivity contribution >= 4 is 26.8 Å². The zero-order valence-corrected chi connectivity index (χ0v) is 12.2. The van der Waals surface area contributed by atoms with Gasteiger partial charge in [0.05, 0.1) is 11.1 Å². The Morgan fingerprint density at radius 1 is 1.28 bits per heavy atom. The Morgan fingerprint density at radius 2 is 2.06 bits per heavy atom. The normalized spacial score (nSPS) is 15.1. The molecule has 3 heteroatoms. The first-order valence-electron chi connectivity index (χ1n) is 6.30. The van der Waals surface area contributed by atoms with Crippen molar-refractivity contribution in [2.75, 3.05) is 0 Å². The van der Waals surface area contributed by atoms with Crippen LogP contribution in [0.3, 0.4) is 0 Å². The SMILES string of the molecule is CC(C)(O)c1c2c(nc3ccc(Br)cc13)CCC2. The Kier molecular flexibility index (Phi) is 2.72. The summed E-state index contributed by atoms with van der Waals surface area (Å²) in [7, 11) is 0. The second kappa shape index (κ2) is 4.04. The van der Waals surface area contributed by atoms with E-state index in [9.17, 15) is 5.11 Å². The molecule has 0 bridgehead atoms. The van der Waals surface area contributed by atoms with Crippen LogP contribution in [0.5, 0.6) is 0 Å². The van der Waals surface area contributed by atoms with Gasteiger partial charge >= 0.3 is 0 Å². The van der Waals surface area contributed by atoms with Crippen molar-refractivity contribution in [3.05, 3.63) is 39.5 Å². The number of hydrogen-bond donors (Lipinski definition) is 1. The minimum atomic E-state index is -0.823. The zero-order chi connectivity index (χ0) is 12.9. The number of hydrogen-bond acceptors (Lipinski definition) is 2. The molecule has 1 N–H and O–H groups in total. The van der Waals surface area contributed by atoms with Gasteiger partial charge in [-0.05, 0) is 62.4 Å². The number of pyridine rings is 1. The van der Waals surface area contributed by atoms with Gasteiger partial charge in [0.1, 0.15) is 0 Å². The number of halogens is 1. The van der Waals surface area contributed by atoms with E-state index >= 15 is 0 Å². The van der Waals surface area contributed by atoms with Gasteiger partial charge in [0.15, 0.2) is 0 Å². The molecule has 1 aliphatic rings. The Bertz CT molecular complexity index is 628. The molecule has 3 rings (SSSR count). The van der Waals surface area contributed by atoms with Gasteiger partial charge < -0.3 is 5.11 Å². The predicted molar refractivity (Wildman–Crippen MR) is 76.7 cm³/mol. The summed E-state index contributed by atoms with van der Waals surface area (Å²) in [5.74, 6) is 0. The van der Waals surface area contributed by atoms with Crippen LogP contribution < -0.4 is 0 Å². The van der Waals surface area contributed by atoms with Crippen LogP contribution in [0, 0.1) is 0 Å². The summed E-state index contributed by atoms with van der Waals surface area (Å²) >= 11 is 3.50. The summed E-state index contributed by atoms with van der Waals surface area (Å²) in [6.07, 6.45) is 3.21. The van der Waals surface area contributed by atoms with E-state index in [0.29, 0.717) is 0 Å². The average molecular weight is 306 g/mol. The van der Waals surface area contributed by atoms with Crippen molar-refractivity contribution in [1.29, 1.82) is 0 Å². The standard InChI is InChI=1S/C15H16BrNO/c1-15(2,18)14-10-4-3-5-12(10)17-13-7-6-9(16)8-11(13)14/h6-8,18H,3-5H2,1-2H3. The van der Waals surface area contributed by atoms with Crippen molar-refractivity contribution in [2.45, 2.75) is 38.7 Å². The summed E-state index contributed by atoms with van der Waals surface area (Å²) in [4.78, 5) is 4.74. The van der Waals surface area contributed by atoms with E-state index in [0.717, 1.165) is 40.2 Å². The molecule has 1 aromatic carbocycles. The molecule has 94 valence electrons. The molecule has 2 aromatic rings. The Hall–Kier alpha value is -0.930. The summed E-state index contributed by atoms with van der Waals surface area (Å²) in [6.45, 7) is 3.72. The van der Waals surface area contributed by atoms with E-state index < -0.39 is 5.60 Å². The lowest BCUT2D eigenvalue weighted by Gasteiger charge is -2.23. The van der Waals surface area contributed by atoms with Gasteiger partial charge in [0.2, 0.25) is 0 Å². The molecule has 0 atom stereocenters. The predicted octanol–water partition coefficient (Wildman–Crippen LogP) is 3.71. The molecule has 0 saturated heterocycles. The number of aliphatic hydroxyl groups is 1. The molecule has 0 saturated carbocycles. The molecule has 0 radical (unpaired) electrons. The maximum atomic E-state index is 10.5. The van der Waals surface area contributed by atoms with Gasteiger partial charge in [-0.3, -0.25) is 4.98 Å². The molecule has 0 amide bonds. The number of benzene rings is 1. The third-order valence-electron chi connectivity index (χ3n) is 3.59. The lowest BCUT2D eigenvalue weighted by Crippen LogP contribution is -2.19. The topological polar surface area (TPSA) is 33.1 Å². The number of rotatable bonds is 1. The number of aryl methyl sites for hydroxylation is 1. The van der Waals surface area contributed by atoms with E-state index in [1.807, 2.05) is 26.0 Å². The van der Waals surface area contributed by atoms with E-state index in [-0.39, 0.29) is 0 Å². The third-order valence-corrected chi connectivity index (χ3v) is 4.08. The van der Waals surface area contributed by atoms with Crippen LogP contribution in [0.1, 0.15) is 37.1 Å². The van der Waals surface area contributed by atoms with Crippen LogP contribution in [0.15, 0.2) is 22.7 Å². The van der Waals surface area contributed by atoms with Crippen molar-refractivity contribution in [3.63, 3.8) is 0 Å². The smallest absolute Gasteiger partial charge is 0.0850 e. The van der Waals surface area contributed by atoms with Crippen molar-refractivity contribution in [1.82, 2.24) is 4.98 Å². The molecule has 0 fully saturated rings. The van der Waals surface area contributed by atoms with Crippen LogP contribution >= 0.6 is 15.9 Å². The molecule has 1 heterocycles. The minimum Gasteiger partial charge on any atom is -0.386 e. The number of aromatic nitrogens is 1. The average Bonchev–Trinajstić information content (AvgIpc) is 2.71. The first kappa shape index (κ1) is 12.1. The highest BCUT2D eigenvalue weighted by molar-refractivity contribution is 9.10. The van der Waals surface area contributed by atoms with E-state index in [2.05, 4.69) is 22.0 Å². The van der Waals surface area contributed by atoms with Crippen LogP contribution in [0.2, 0.25) is 0 Å². The summed E-state index contributed by atoms with van der Waals surface area (Å²) in [5.41, 5.74) is 3.64. The van der Waals surface area contributed by atoms with Gasteiger partial charge in [-0.1, -0.05) is 15.9 Å². The molecule has 2 nitrogen and oxygen atoms in total. The molecular formula is C15H16BrNO. The maximum Gasteiger partial charge on any atom is 0.0850 e. The van der Waals surface area contributed by atoms with Crippen molar-refractivity contribution in [2.24, 2.45) is 0 Å². The third kappa shape index (κ3) is 1.86. The van der Waals surface area contributed by atoms with Gasteiger partial charge in [-0.25, -0.2) is 0 Å². The van der Waals surface area contributed by atoms with E-state index in [4.69, 9.17) is 4.98 Å². The molecule has 0 spiro atoms. The first-order valence-corrected chi connectivity index (χ1v) is 7.10. The van der Waals surface area contributed by atoms with Crippen LogP contribution in [-0.4, -0.2) is 10.1 Å². The maximum absolute atomic E-state index is 10.5. The highest BCUT2D eigenvalue weighted by Crippen LogP contribution is 2.37. The summed E-state index contributed by atoms with van der Waals surface area (Å²) in [6, 6.07) is 6.09. The minimum absolute atomic E-state index is 0.823. The number of fused-ring (bicyclic) bond motifs is 2. The fraction of sp³-hybridized carbons (Fsp3) is 0.400. The molecule has 1 aromatic heterocycles. The van der Waals surface area contributed by atoms with Crippen LogP contribution in [0.4, 0.5) is 0 Å². The van der Waals surface area contributed by atoms with Crippen molar-refractivity contribution < 1.29 is 5.11 Å². The van der Waals surface area contributed by atoms with Gasteiger partial charge in [-0.15, -0.1) is 0 Å². The first-order chi connectivity index (χ1) is 8.47. The highest BCUT2D eigenvalue weighted by Gasteiger charge is 2.28. The molecule has 18 heavy (non-hydrogen) atoms. The van der Waals surface area contributed by atoms with Gasteiger partial charge in [-0.2, -0.15) is 0 Å². The Balaban J connectivity index is 2.44. The Labute approximate surface area is 115 Å². The fourth-order valence-electron chi connectivity index (χ4n) is 2.93. The van der Waals surface area contributed by atoms with Gasteiger partial charge in [0.25, 0.3) is 0 Å². The van der Waals surface area contributed by atoms with Crippen LogP contribution in [0.25, 0.3) is 10.9 Å². The van der Waals surface area contributed by atoms with Crippen molar-refractivity contribution in [3.8, 4) is 0 Å². The van der Waals surface area contributed by atoms with E-state index in [1.165, 1.54) is 11.3 Å². The largest absolute Gasteiger partial charge is 0.386 e. The van der Waals surface area contributed by atoms with Gasteiger partial charge in [0, 0.05) is 15.6 Å². The monoisotopic (exact) mass is 305 g/mol. The lowest BCUT2D eigenvalue weighted by atomic mass is 9.89. The summed E-state index contributed by atoms with van der Waals surface area (Å²) < 4.78 is 1.03. The van der Waals surface area contributed by atoms with Crippen LogP contribution in [-0.2, 0) is 18.4 Å². The molecular weight excluding hydrogens is 290 g/mol. The highest BCUT2D eigenvalue weighted by atomic mass is 79.9. The quantitative estimate of drug-likeness (QED) is 0.871. The second-order valence-electron chi connectivity index (χ2n) is 5.49. The molecule has 1 aliphatic carbocycles.